The summed E-state index contributed by atoms with van der Waals surface area (Å²) >= 11 is 0. The lowest BCUT2D eigenvalue weighted by atomic mass is 10.3. The van der Waals surface area contributed by atoms with Gasteiger partial charge in [0.15, 0.2) is 0 Å². The van der Waals surface area contributed by atoms with Crippen LogP contribution in [0.3, 0.4) is 0 Å². The van der Waals surface area contributed by atoms with E-state index in [1.165, 1.54) is 0 Å². The molecule has 84 valence electrons. The third kappa shape index (κ3) is 4.46. The number of hydrogen-bond acceptors (Lipinski definition) is 2. The molecule has 0 aromatic heterocycles. The van der Waals surface area contributed by atoms with Crippen molar-refractivity contribution < 1.29 is 0 Å². The van der Waals surface area contributed by atoms with Crippen molar-refractivity contribution >= 4 is 5.96 Å². The summed E-state index contributed by atoms with van der Waals surface area (Å²) in [5.41, 5.74) is 2.68. The Kier molecular flexibility index (Phi) is 7.20. The zero-order chi connectivity index (χ0) is 11.0. The molecule has 0 saturated carbocycles. The highest BCUT2D eigenvalue weighted by Crippen LogP contribution is 2.00. The minimum atomic E-state index is 0.432. The van der Waals surface area contributed by atoms with E-state index in [1.807, 2.05) is 0 Å². The number of nitrogens with two attached hydrogens (primary N) is 1. The van der Waals surface area contributed by atoms with Crippen LogP contribution >= 0.6 is 0 Å². The van der Waals surface area contributed by atoms with Crippen LogP contribution in [0.5, 0.6) is 0 Å². The standard InChI is InChI=1S/C10H24N4/c1-5-7-12-10(13-11)14(8-6-2)9(3)4/h9H,5-8,11H2,1-4H3,(H,12,13). The molecule has 0 amide bonds. The molecule has 0 fully saturated rings. The predicted molar refractivity (Wildman–Crippen MR) is 62.0 cm³/mol. The molecule has 0 aliphatic heterocycles. The van der Waals surface area contributed by atoms with Crippen LogP contribution in [-0.4, -0.2) is 30.0 Å². The first-order valence-electron chi connectivity index (χ1n) is 5.45. The van der Waals surface area contributed by atoms with Crippen molar-refractivity contribution in [3.8, 4) is 0 Å². The minimum Gasteiger partial charge on any atom is -0.340 e. The van der Waals surface area contributed by atoms with Crippen molar-refractivity contribution in [2.45, 2.75) is 46.6 Å². The molecule has 0 aromatic carbocycles. The third-order valence-electron chi connectivity index (χ3n) is 1.97. The SMILES string of the molecule is CCCN=C(NN)N(CCC)C(C)C. The van der Waals surface area contributed by atoms with E-state index in [1.54, 1.807) is 0 Å². The van der Waals surface area contributed by atoms with Gasteiger partial charge in [0.2, 0.25) is 5.96 Å². The molecular weight excluding hydrogens is 176 g/mol. The number of nitrogens with one attached hydrogen (secondary N) is 1. The Labute approximate surface area is 87.5 Å². The summed E-state index contributed by atoms with van der Waals surface area (Å²) in [7, 11) is 0. The van der Waals surface area contributed by atoms with Crippen molar-refractivity contribution in [3.05, 3.63) is 0 Å². The van der Waals surface area contributed by atoms with E-state index in [2.05, 4.69) is 43.0 Å². The molecule has 3 N–H and O–H groups in total. The lowest BCUT2D eigenvalue weighted by molar-refractivity contribution is 0.337. The molecule has 0 unspecified atom stereocenters. The van der Waals surface area contributed by atoms with Gasteiger partial charge in [0.1, 0.15) is 0 Å². The van der Waals surface area contributed by atoms with E-state index < -0.39 is 0 Å². The number of hydrazine groups is 1. The second-order valence-corrected chi connectivity index (χ2v) is 3.64. The number of nitrogens with zero attached hydrogens (tertiary/aromatic N) is 2. The van der Waals surface area contributed by atoms with Crippen LogP contribution in [0.15, 0.2) is 4.99 Å². The van der Waals surface area contributed by atoms with E-state index >= 15 is 0 Å². The fraction of sp³-hybridized carbons (Fsp3) is 0.900. The summed E-state index contributed by atoms with van der Waals surface area (Å²) in [5, 5.41) is 0. The molecule has 4 nitrogen and oxygen atoms in total. The van der Waals surface area contributed by atoms with Crippen LogP contribution in [0.1, 0.15) is 40.5 Å². The Morgan fingerprint density at radius 3 is 2.36 bits per heavy atom. The van der Waals surface area contributed by atoms with Crippen LogP contribution in [0, 0.1) is 0 Å². The predicted octanol–water partition coefficient (Wildman–Crippen LogP) is 1.34. The van der Waals surface area contributed by atoms with Crippen LogP contribution in [-0.2, 0) is 0 Å². The van der Waals surface area contributed by atoms with Gasteiger partial charge in [-0.2, -0.15) is 0 Å². The van der Waals surface area contributed by atoms with Crippen LogP contribution in [0.25, 0.3) is 0 Å². The Morgan fingerprint density at radius 1 is 1.36 bits per heavy atom. The maximum Gasteiger partial charge on any atom is 0.208 e. The quantitative estimate of drug-likeness (QED) is 0.305. The van der Waals surface area contributed by atoms with Gasteiger partial charge < -0.3 is 4.90 Å². The lowest BCUT2D eigenvalue weighted by Crippen LogP contribution is -2.48. The van der Waals surface area contributed by atoms with Gasteiger partial charge in [0, 0.05) is 19.1 Å². The smallest absolute Gasteiger partial charge is 0.208 e. The average molecular weight is 200 g/mol. The van der Waals surface area contributed by atoms with Crippen molar-refractivity contribution in [2.24, 2.45) is 10.8 Å². The van der Waals surface area contributed by atoms with Crippen molar-refractivity contribution in [3.63, 3.8) is 0 Å². The van der Waals surface area contributed by atoms with Crippen molar-refractivity contribution in [1.82, 2.24) is 10.3 Å². The van der Waals surface area contributed by atoms with Gasteiger partial charge in [-0.3, -0.25) is 10.4 Å². The molecule has 0 spiro atoms. The molecule has 0 aromatic rings. The molecule has 0 radical (unpaired) electrons. The molecule has 0 bridgehead atoms. The highest BCUT2D eigenvalue weighted by molar-refractivity contribution is 5.79. The zero-order valence-corrected chi connectivity index (χ0v) is 9.88. The van der Waals surface area contributed by atoms with E-state index in [4.69, 9.17) is 5.84 Å². The Hall–Kier alpha value is -0.770. The summed E-state index contributed by atoms with van der Waals surface area (Å²) in [6, 6.07) is 0.432. The van der Waals surface area contributed by atoms with Crippen LogP contribution in [0.2, 0.25) is 0 Å². The fourth-order valence-electron chi connectivity index (χ4n) is 1.29. The minimum absolute atomic E-state index is 0.432. The largest absolute Gasteiger partial charge is 0.340 e. The third-order valence-corrected chi connectivity index (χ3v) is 1.97. The van der Waals surface area contributed by atoms with Crippen LogP contribution in [0.4, 0.5) is 0 Å². The van der Waals surface area contributed by atoms with Gasteiger partial charge in [-0.25, -0.2) is 5.84 Å². The first-order chi connectivity index (χ1) is 6.67. The number of guanidine groups is 1. The molecule has 0 atom stereocenters. The Morgan fingerprint density at radius 2 is 2.00 bits per heavy atom. The van der Waals surface area contributed by atoms with E-state index in [0.717, 1.165) is 31.9 Å². The van der Waals surface area contributed by atoms with E-state index in [0.29, 0.717) is 6.04 Å². The average Bonchev–Trinajstić information content (AvgIpc) is 2.17. The summed E-state index contributed by atoms with van der Waals surface area (Å²) in [5.74, 6) is 6.27. The molecule has 0 rings (SSSR count). The van der Waals surface area contributed by atoms with Crippen molar-refractivity contribution in [2.75, 3.05) is 13.1 Å². The van der Waals surface area contributed by atoms with Crippen molar-refractivity contribution in [1.29, 1.82) is 0 Å². The molecule has 0 saturated heterocycles. The van der Waals surface area contributed by atoms with E-state index in [9.17, 15) is 0 Å². The summed E-state index contributed by atoms with van der Waals surface area (Å²) in [6.45, 7) is 10.4. The molecule has 0 aliphatic rings. The first-order valence-corrected chi connectivity index (χ1v) is 5.45. The Bertz CT molecular complexity index is 166. The topological polar surface area (TPSA) is 53.6 Å². The molecular formula is C10H24N4. The molecule has 0 aliphatic carbocycles. The second-order valence-electron chi connectivity index (χ2n) is 3.64. The monoisotopic (exact) mass is 200 g/mol. The highest BCUT2D eigenvalue weighted by Gasteiger charge is 2.12. The van der Waals surface area contributed by atoms with Gasteiger partial charge in [0.05, 0.1) is 0 Å². The Balaban J connectivity index is 4.40. The number of rotatable bonds is 5. The summed E-state index contributed by atoms with van der Waals surface area (Å²) in [6.07, 6.45) is 2.15. The van der Waals surface area contributed by atoms with E-state index in [-0.39, 0.29) is 0 Å². The highest BCUT2D eigenvalue weighted by atomic mass is 15.4. The van der Waals surface area contributed by atoms with Gasteiger partial charge in [-0.05, 0) is 26.7 Å². The van der Waals surface area contributed by atoms with Gasteiger partial charge in [-0.15, -0.1) is 0 Å². The number of aliphatic imine (C=N–C) groups is 1. The first kappa shape index (κ1) is 13.2. The van der Waals surface area contributed by atoms with Gasteiger partial charge in [-0.1, -0.05) is 13.8 Å². The van der Waals surface area contributed by atoms with Gasteiger partial charge >= 0.3 is 0 Å². The molecule has 4 heteroatoms. The van der Waals surface area contributed by atoms with Gasteiger partial charge in [0.25, 0.3) is 0 Å². The second kappa shape index (κ2) is 7.62. The lowest BCUT2D eigenvalue weighted by Gasteiger charge is -2.29. The fourth-order valence-corrected chi connectivity index (χ4v) is 1.29. The maximum absolute atomic E-state index is 5.46. The molecule has 0 heterocycles. The zero-order valence-electron chi connectivity index (χ0n) is 9.88. The summed E-state index contributed by atoms with van der Waals surface area (Å²) in [4.78, 5) is 6.60. The summed E-state index contributed by atoms with van der Waals surface area (Å²) < 4.78 is 0. The normalized spacial score (nSPS) is 12.0. The van der Waals surface area contributed by atoms with Crippen LogP contribution < -0.4 is 11.3 Å². The number of hydrogen-bond donors (Lipinski definition) is 2. The maximum atomic E-state index is 5.46. The molecule has 14 heavy (non-hydrogen) atoms.